The number of aromatic carboxylic acids is 1. The summed E-state index contributed by atoms with van der Waals surface area (Å²) in [4.78, 5) is 18.6. The van der Waals surface area contributed by atoms with E-state index in [1.54, 1.807) is 17.4 Å². The second-order valence-corrected chi connectivity index (χ2v) is 5.77. The maximum absolute atomic E-state index is 10.9. The highest BCUT2D eigenvalue weighted by atomic mass is 32.1. The van der Waals surface area contributed by atoms with Gasteiger partial charge in [0.05, 0.1) is 5.56 Å². The van der Waals surface area contributed by atoms with E-state index in [0.29, 0.717) is 17.1 Å². The van der Waals surface area contributed by atoms with E-state index in [4.69, 9.17) is 9.52 Å². The van der Waals surface area contributed by atoms with Crippen LogP contribution in [0.25, 0.3) is 11.1 Å². The Kier molecular flexibility index (Phi) is 3.62. The zero-order chi connectivity index (χ0) is 14.8. The molecule has 0 aliphatic carbocycles. The molecule has 0 saturated carbocycles. The number of thiophene rings is 1. The molecule has 0 aliphatic heterocycles. The van der Waals surface area contributed by atoms with Gasteiger partial charge in [-0.05, 0) is 36.1 Å². The number of anilines is 1. The Hall–Kier alpha value is -2.34. The van der Waals surface area contributed by atoms with Gasteiger partial charge in [-0.25, -0.2) is 4.79 Å². The molecule has 0 fully saturated rings. The standard InChI is InChI=1S/C15H14N2O3S/c1-17(7-6-11-3-2-8-21-11)15-16-12-5-4-10(14(18)19)9-13(12)20-15/h2-5,8-9H,6-7H2,1H3,(H,18,19). The second-order valence-electron chi connectivity index (χ2n) is 4.74. The molecule has 2 aromatic heterocycles. The first-order chi connectivity index (χ1) is 10.1. The number of rotatable bonds is 5. The average Bonchev–Trinajstić information content (AvgIpc) is 3.12. The number of fused-ring (bicyclic) bond motifs is 1. The molecule has 0 radical (unpaired) electrons. The summed E-state index contributed by atoms with van der Waals surface area (Å²) < 4.78 is 5.65. The molecule has 5 nitrogen and oxygen atoms in total. The van der Waals surface area contributed by atoms with Crippen LogP contribution in [0.2, 0.25) is 0 Å². The summed E-state index contributed by atoms with van der Waals surface area (Å²) in [7, 11) is 1.91. The minimum atomic E-state index is -0.971. The van der Waals surface area contributed by atoms with Gasteiger partial charge in [-0.1, -0.05) is 6.07 Å². The van der Waals surface area contributed by atoms with E-state index < -0.39 is 5.97 Å². The first-order valence-electron chi connectivity index (χ1n) is 6.51. The van der Waals surface area contributed by atoms with Crippen LogP contribution < -0.4 is 4.90 Å². The number of oxazole rings is 1. The molecule has 6 heteroatoms. The number of hydrogen-bond acceptors (Lipinski definition) is 5. The van der Waals surface area contributed by atoms with Gasteiger partial charge < -0.3 is 14.4 Å². The number of aromatic nitrogens is 1. The molecule has 0 atom stereocenters. The van der Waals surface area contributed by atoms with Gasteiger partial charge in [0.25, 0.3) is 6.01 Å². The summed E-state index contributed by atoms with van der Waals surface area (Å²) in [5.74, 6) is -0.971. The summed E-state index contributed by atoms with van der Waals surface area (Å²) in [6.45, 7) is 0.791. The molecule has 3 rings (SSSR count). The molecule has 0 unspecified atom stereocenters. The van der Waals surface area contributed by atoms with Crippen molar-refractivity contribution in [2.45, 2.75) is 6.42 Å². The van der Waals surface area contributed by atoms with Gasteiger partial charge in [0, 0.05) is 18.5 Å². The molecule has 21 heavy (non-hydrogen) atoms. The largest absolute Gasteiger partial charge is 0.478 e. The molecule has 0 aliphatic rings. The zero-order valence-electron chi connectivity index (χ0n) is 11.4. The van der Waals surface area contributed by atoms with Gasteiger partial charge in [0.1, 0.15) is 5.52 Å². The van der Waals surface area contributed by atoms with Gasteiger partial charge in [0.2, 0.25) is 0 Å². The minimum Gasteiger partial charge on any atom is -0.478 e. The number of carboxylic acids is 1. The molecule has 2 heterocycles. The van der Waals surface area contributed by atoms with Gasteiger partial charge in [-0.15, -0.1) is 11.3 Å². The van der Waals surface area contributed by atoms with Crippen LogP contribution >= 0.6 is 11.3 Å². The van der Waals surface area contributed by atoms with Crippen LogP contribution in [-0.4, -0.2) is 29.7 Å². The fraction of sp³-hybridized carbons (Fsp3) is 0.200. The van der Waals surface area contributed by atoms with E-state index in [1.165, 1.54) is 17.0 Å². The summed E-state index contributed by atoms with van der Waals surface area (Å²) >= 11 is 1.73. The lowest BCUT2D eigenvalue weighted by Crippen LogP contribution is -2.20. The molecule has 3 aromatic rings. The van der Waals surface area contributed by atoms with E-state index in [-0.39, 0.29) is 5.56 Å². The van der Waals surface area contributed by atoms with Crippen LogP contribution in [0.3, 0.4) is 0 Å². The SMILES string of the molecule is CN(CCc1cccs1)c1nc2ccc(C(=O)O)cc2o1. The first kappa shape index (κ1) is 13.6. The van der Waals surface area contributed by atoms with Gasteiger partial charge in [-0.3, -0.25) is 0 Å². The van der Waals surface area contributed by atoms with Crippen LogP contribution in [0.1, 0.15) is 15.2 Å². The van der Waals surface area contributed by atoms with Crippen molar-refractivity contribution >= 4 is 34.4 Å². The lowest BCUT2D eigenvalue weighted by atomic mass is 10.2. The Morgan fingerprint density at radius 2 is 2.29 bits per heavy atom. The number of hydrogen-bond donors (Lipinski definition) is 1. The lowest BCUT2D eigenvalue weighted by molar-refractivity contribution is 0.0697. The lowest BCUT2D eigenvalue weighted by Gasteiger charge is -2.13. The number of carboxylic acid groups (broad SMARTS) is 1. The highest BCUT2D eigenvalue weighted by Gasteiger charge is 2.12. The van der Waals surface area contributed by atoms with E-state index in [9.17, 15) is 4.79 Å². The molecule has 1 aromatic carbocycles. The summed E-state index contributed by atoms with van der Waals surface area (Å²) in [5.41, 5.74) is 1.36. The maximum Gasteiger partial charge on any atom is 0.335 e. The van der Waals surface area contributed by atoms with Gasteiger partial charge in [0.15, 0.2) is 5.58 Å². The quantitative estimate of drug-likeness (QED) is 0.783. The van der Waals surface area contributed by atoms with Crippen LogP contribution in [0.5, 0.6) is 0 Å². The molecular formula is C15H14N2O3S. The third-order valence-corrected chi connectivity index (χ3v) is 4.16. The van der Waals surface area contributed by atoms with Crippen LogP contribution in [0, 0.1) is 0 Å². The molecule has 0 saturated heterocycles. The van der Waals surface area contributed by atoms with E-state index in [1.807, 2.05) is 18.0 Å². The van der Waals surface area contributed by atoms with Crippen molar-refractivity contribution in [3.63, 3.8) is 0 Å². The third kappa shape index (κ3) is 2.90. The molecule has 0 spiro atoms. The minimum absolute atomic E-state index is 0.200. The second kappa shape index (κ2) is 5.57. The van der Waals surface area contributed by atoms with Crippen molar-refractivity contribution in [1.29, 1.82) is 0 Å². The number of likely N-dealkylation sites (N-methyl/N-ethyl adjacent to an activating group) is 1. The van der Waals surface area contributed by atoms with E-state index >= 15 is 0 Å². The predicted octanol–water partition coefficient (Wildman–Crippen LogP) is 3.27. The number of carbonyl (C=O) groups is 1. The summed E-state index contributed by atoms with van der Waals surface area (Å²) in [6.07, 6.45) is 0.924. The highest BCUT2D eigenvalue weighted by molar-refractivity contribution is 7.09. The third-order valence-electron chi connectivity index (χ3n) is 3.22. The Balaban J connectivity index is 1.78. The van der Waals surface area contributed by atoms with Crippen LogP contribution in [0.4, 0.5) is 6.01 Å². The van der Waals surface area contributed by atoms with Crippen LogP contribution in [-0.2, 0) is 6.42 Å². The van der Waals surface area contributed by atoms with Crippen molar-refractivity contribution in [2.24, 2.45) is 0 Å². The molecule has 0 amide bonds. The average molecular weight is 302 g/mol. The summed E-state index contributed by atoms with van der Waals surface area (Å²) in [5, 5.41) is 11.0. The van der Waals surface area contributed by atoms with Crippen molar-refractivity contribution < 1.29 is 14.3 Å². The Morgan fingerprint density at radius 1 is 1.43 bits per heavy atom. The van der Waals surface area contributed by atoms with Crippen molar-refractivity contribution in [3.05, 3.63) is 46.2 Å². The first-order valence-corrected chi connectivity index (χ1v) is 7.39. The number of nitrogens with zero attached hydrogens (tertiary/aromatic N) is 2. The zero-order valence-corrected chi connectivity index (χ0v) is 12.3. The smallest absolute Gasteiger partial charge is 0.335 e. The monoisotopic (exact) mass is 302 g/mol. The predicted molar refractivity (Wildman–Crippen MR) is 82.3 cm³/mol. The topological polar surface area (TPSA) is 66.6 Å². The maximum atomic E-state index is 10.9. The highest BCUT2D eigenvalue weighted by Crippen LogP contribution is 2.22. The van der Waals surface area contributed by atoms with Gasteiger partial charge in [-0.2, -0.15) is 4.98 Å². The summed E-state index contributed by atoms with van der Waals surface area (Å²) in [6, 6.07) is 9.34. The fourth-order valence-corrected chi connectivity index (χ4v) is 2.74. The van der Waals surface area contributed by atoms with E-state index in [2.05, 4.69) is 16.4 Å². The molecule has 1 N–H and O–H groups in total. The Labute approximate surface area is 125 Å². The molecule has 0 bridgehead atoms. The fourth-order valence-electron chi connectivity index (χ4n) is 2.04. The Morgan fingerprint density at radius 3 is 3.00 bits per heavy atom. The number of benzene rings is 1. The Bertz CT molecular complexity index is 764. The molecular weight excluding hydrogens is 288 g/mol. The normalized spacial score (nSPS) is 10.9. The molecule has 108 valence electrons. The van der Waals surface area contributed by atoms with E-state index in [0.717, 1.165) is 13.0 Å². The van der Waals surface area contributed by atoms with Crippen molar-refractivity contribution in [3.8, 4) is 0 Å². The van der Waals surface area contributed by atoms with Crippen molar-refractivity contribution in [1.82, 2.24) is 4.98 Å². The van der Waals surface area contributed by atoms with Crippen molar-refractivity contribution in [2.75, 3.05) is 18.5 Å². The van der Waals surface area contributed by atoms with Gasteiger partial charge >= 0.3 is 5.97 Å². The van der Waals surface area contributed by atoms with Crippen LogP contribution in [0.15, 0.2) is 40.1 Å².